The standard InChI is InChI=1S/C21H25NO2.C20H22N2O4/c1-15-10-12-17(13-11-15)20(23-24-21(3,4)5)22-14-16(2)18-8-6-7-9-19(18)22;1-14-13-21(18-8-6-5-7-17(14)18)19(25-26-20(2,3)4)15-9-11-16(12-10-15)22(23)24/h6-14,20H,1-5H3;5-13,19H,1-4H3. The summed E-state index contributed by atoms with van der Waals surface area (Å²) in [4.78, 5) is 33.5. The lowest BCUT2D eigenvalue weighted by Crippen LogP contribution is -2.24. The van der Waals surface area contributed by atoms with Gasteiger partial charge in [-0.2, -0.15) is 0 Å². The number of aryl methyl sites for hydroxylation is 3. The zero-order valence-electron chi connectivity index (χ0n) is 30.3. The molecule has 262 valence electrons. The van der Waals surface area contributed by atoms with Crippen molar-refractivity contribution in [3.05, 3.63) is 147 Å². The number of fused-ring (bicyclic) bond motifs is 2. The summed E-state index contributed by atoms with van der Waals surface area (Å²) >= 11 is 0. The van der Waals surface area contributed by atoms with Crippen LogP contribution in [0.1, 0.15) is 81.8 Å². The van der Waals surface area contributed by atoms with Gasteiger partial charge in [0.1, 0.15) is 0 Å². The van der Waals surface area contributed by atoms with E-state index in [0.717, 1.165) is 33.1 Å². The third-order valence-corrected chi connectivity index (χ3v) is 7.91. The normalized spacial score (nSPS) is 13.2. The van der Waals surface area contributed by atoms with Crippen molar-refractivity contribution in [2.75, 3.05) is 0 Å². The minimum atomic E-state index is -0.561. The Morgan fingerprint density at radius 3 is 1.34 bits per heavy atom. The number of hydrogen-bond donors (Lipinski definition) is 0. The van der Waals surface area contributed by atoms with Crippen LogP contribution in [0, 0.1) is 30.9 Å². The zero-order valence-corrected chi connectivity index (χ0v) is 30.3. The molecule has 0 saturated heterocycles. The maximum atomic E-state index is 10.9. The summed E-state index contributed by atoms with van der Waals surface area (Å²) in [5, 5.41) is 13.3. The van der Waals surface area contributed by atoms with Crippen LogP contribution in [0.5, 0.6) is 0 Å². The van der Waals surface area contributed by atoms with Gasteiger partial charge in [-0.05, 0) is 97.7 Å². The summed E-state index contributed by atoms with van der Waals surface area (Å²) in [5.74, 6) is 0. The summed E-state index contributed by atoms with van der Waals surface area (Å²) in [7, 11) is 0. The highest BCUT2D eigenvalue weighted by molar-refractivity contribution is 5.84. The van der Waals surface area contributed by atoms with Gasteiger partial charge in [0.05, 0.1) is 27.2 Å². The Kier molecular flexibility index (Phi) is 10.9. The highest BCUT2D eigenvalue weighted by atomic mass is 17.2. The lowest BCUT2D eigenvalue weighted by molar-refractivity contribution is -0.385. The second kappa shape index (κ2) is 15.0. The largest absolute Gasteiger partial charge is 0.315 e. The molecule has 9 nitrogen and oxygen atoms in total. The summed E-state index contributed by atoms with van der Waals surface area (Å²) < 4.78 is 4.12. The fourth-order valence-electron chi connectivity index (χ4n) is 5.54. The van der Waals surface area contributed by atoms with Crippen LogP contribution in [0.15, 0.2) is 109 Å². The summed E-state index contributed by atoms with van der Waals surface area (Å²) in [6, 6.07) is 31.1. The van der Waals surface area contributed by atoms with Gasteiger partial charge in [-0.15, -0.1) is 0 Å². The summed E-state index contributed by atoms with van der Waals surface area (Å²) in [6.45, 7) is 17.9. The van der Waals surface area contributed by atoms with Crippen molar-refractivity contribution in [3.63, 3.8) is 0 Å². The molecule has 9 heteroatoms. The molecular weight excluding hydrogens is 630 g/mol. The smallest absolute Gasteiger partial charge is 0.269 e. The molecule has 6 rings (SSSR count). The highest BCUT2D eigenvalue weighted by Gasteiger charge is 2.24. The predicted octanol–water partition coefficient (Wildman–Crippen LogP) is 10.7. The molecule has 0 aliphatic carbocycles. The van der Waals surface area contributed by atoms with Crippen molar-refractivity contribution in [3.8, 4) is 0 Å². The van der Waals surface area contributed by atoms with Gasteiger partial charge in [0, 0.05) is 46.4 Å². The van der Waals surface area contributed by atoms with Crippen LogP contribution in [0.25, 0.3) is 21.8 Å². The lowest BCUT2D eigenvalue weighted by atomic mass is 10.1. The van der Waals surface area contributed by atoms with Gasteiger partial charge in [-0.25, -0.2) is 19.6 Å². The van der Waals surface area contributed by atoms with Crippen molar-refractivity contribution in [2.24, 2.45) is 0 Å². The van der Waals surface area contributed by atoms with Gasteiger partial charge in [0.25, 0.3) is 5.69 Å². The molecule has 0 aliphatic heterocycles. The van der Waals surface area contributed by atoms with Crippen LogP contribution in [-0.2, 0) is 19.6 Å². The molecule has 6 aromatic rings. The monoisotopic (exact) mass is 677 g/mol. The van der Waals surface area contributed by atoms with Crippen LogP contribution in [0.3, 0.4) is 0 Å². The van der Waals surface area contributed by atoms with Crippen molar-refractivity contribution in [2.45, 2.75) is 86.0 Å². The number of non-ortho nitro benzene ring substituents is 1. The summed E-state index contributed by atoms with van der Waals surface area (Å²) in [6.07, 6.45) is 3.24. The molecule has 0 bridgehead atoms. The van der Waals surface area contributed by atoms with E-state index < -0.39 is 16.8 Å². The topological polar surface area (TPSA) is 89.9 Å². The van der Waals surface area contributed by atoms with E-state index in [-0.39, 0.29) is 17.5 Å². The van der Waals surface area contributed by atoms with Gasteiger partial charge in [0.15, 0.2) is 12.5 Å². The van der Waals surface area contributed by atoms with Crippen LogP contribution in [0.4, 0.5) is 5.69 Å². The SMILES string of the molecule is Cc1ccc(C(OOC(C)(C)C)n2cc(C)c3ccccc32)cc1.Cc1cn(C(OOC(C)(C)C)c2ccc([N+](=O)[O-])cc2)c2ccccc12. The van der Waals surface area contributed by atoms with Crippen molar-refractivity contribution in [1.82, 2.24) is 9.13 Å². The first kappa shape index (κ1) is 36.5. The van der Waals surface area contributed by atoms with Gasteiger partial charge in [-0.1, -0.05) is 66.2 Å². The Morgan fingerprint density at radius 1 is 0.580 bits per heavy atom. The Labute approximate surface area is 294 Å². The number of rotatable bonds is 9. The van der Waals surface area contributed by atoms with Crippen LogP contribution in [0.2, 0.25) is 0 Å². The fourth-order valence-corrected chi connectivity index (χ4v) is 5.54. The number of nitro benzene ring substituents is 1. The molecule has 4 aromatic carbocycles. The average Bonchev–Trinajstić information content (AvgIpc) is 3.58. The number of aromatic nitrogens is 2. The van der Waals surface area contributed by atoms with E-state index in [9.17, 15) is 10.1 Å². The van der Waals surface area contributed by atoms with Gasteiger partial charge < -0.3 is 9.13 Å². The van der Waals surface area contributed by atoms with E-state index in [4.69, 9.17) is 19.6 Å². The van der Waals surface area contributed by atoms with Crippen LogP contribution >= 0.6 is 0 Å². The minimum Gasteiger partial charge on any atom is -0.315 e. The fraction of sp³-hybridized carbons (Fsp3) is 0.317. The molecule has 0 N–H and O–H groups in total. The number of hydrogen-bond acceptors (Lipinski definition) is 6. The van der Waals surface area contributed by atoms with Gasteiger partial charge in [-0.3, -0.25) is 10.1 Å². The predicted molar refractivity (Wildman–Crippen MR) is 198 cm³/mol. The molecule has 2 unspecified atom stereocenters. The summed E-state index contributed by atoms with van der Waals surface area (Å²) in [5.41, 5.74) is 6.71. The third-order valence-electron chi connectivity index (χ3n) is 7.91. The molecule has 0 saturated carbocycles. The maximum Gasteiger partial charge on any atom is 0.269 e. The third kappa shape index (κ3) is 8.86. The molecule has 2 atom stereocenters. The first-order chi connectivity index (χ1) is 23.6. The Morgan fingerprint density at radius 2 is 0.960 bits per heavy atom. The quantitative estimate of drug-likeness (QED) is 0.0859. The Hall–Kier alpha value is -4.80. The Balaban J connectivity index is 0.000000195. The van der Waals surface area contributed by atoms with Gasteiger partial charge >= 0.3 is 0 Å². The van der Waals surface area contributed by atoms with E-state index in [1.165, 1.54) is 28.6 Å². The lowest BCUT2D eigenvalue weighted by Gasteiger charge is -2.25. The van der Waals surface area contributed by atoms with Crippen LogP contribution in [-0.4, -0.2) is 25.3 Å². The number of para-hydroxylation sites is 2. The number of nitro groups is 1. The first-order valence-corrected chi connectivity index (χ1v) is 16.7. The molecular formula is C41H47N3O6. The van der Waals surface area contributed by atoms with Crippen LogP contribution < -0.4 is 0 Å². The molecule has 0 amide bonds. The minimum absolute atomic E-state index is 0.0396. The molecule has 0 fully saturated rings. The van der Waals surface area contributed by atoms with E-state index in [1.807, 2.05) is 77.4 Å². The first-order valence-electron chi connectivity index (χ1n) is 16.7. The average molecular weight is 678 g/mol. The molecule has 2 aromatic heterocycles. The zero-order chi connectivity index (χ0) is 36.2. The maximum absolute atomic E-state index is 10.9. The highest BCUT2D eigenvalue weighted by Crippen LogP contribution is 2.32. The van der Waals surface area contributed by atoms with Crippen molar-refractivity contribution < 1.29 is 24.5 Å². The molecule has 50 heavy (non-hydrogen) atoms. The van der Waals surface area contributed by atoms with E-state index >= 15 is 0 Å². The molecule has 0 radical (unpaired) electrons. The number of nitrogens with zero attached hydrogens (tertiary/aromatic N) is 3. The Bertz CT molecular complexity index is 2050. The van der Waals surface area contributed by atoms with E-state index in [0.29, 0.717) is 0 Å². The molecule has 0 spiro atoms. The number of benzene rings is 4. The molecule has 0 aliphatic rings. The second-order valence-corrected chi connectivity index (χ2v) is 14.5. The molecule has 2 heterocycles. The van der Waals surface area contributed by atoms with Crippen molar-refractivity contribution >= 4 is 27.5 Å². The van der Waals surface area contributed by atoms with Gasteiger partial charge in [0.2, 0.25) is 0 Å². The second-order valence-electron chi connectivity index (χ2n) is 14.5. The van der Waals surface area contributed by atoms with E-state index in [2.05, 4.69) is 79.2 Å². The van der Waals surface area contributed by atoms with E-state index in [1.54, 1.807) is 12.1 Å². The van der Waals surface area contributed by atoms with Crippen molar-refractivity contribution in [1.29, 1.82) is 0 Å².